The first kappa shape index (κ1) is 25.0. The highest BCUT2D eigenvalue weighted by Crippen LogP contribution is 2.32. The highest BCUT2D eigenvalue weighted by Gasteiger charge is 2.51. The fourth-order valence-corrected chi connectivity index (χ4v) is 6.34. The lowest BCUT2D eigenvalue weighted by Gasteiger charge is -2.47. The van der Waals surface area contributed by atoms with E-state index in [1.165, 1.54) is 15.6 Å². The van der Waals surface area contributed by atoms with E-state index in [4.69, 9.17) is 11.6 Å². The monoisotopic (exact) mass is 483 g/mol. The summed E-state index contributed by atoms with van der Waals surface area (Å²) in [5.74, 6) is -0.794. The van der Waals surface area contributed by atoms with Crippen molar-refractivity contribution in [1.82, 2.24) is 9.62 Å². The molecule has 9 heteroatoms. The molecule has 1 aliphatic heterocycles. The molecule has 2 fully saturated rings. The zero-order chi connectivity index (χ0) is 23.4. The van der Waals surface area contributed by atoms with Crippen LogP contribution in [0.5, 0.6) is 0 Å². The molecule has 7 nitrogen and oxygen atoms in total. The smallest absolute Gasteiger partial charge is 0.247 e. The second-order valence-electron chi connectivity index (χ2n) is 9.08. The molecule has 0 bridgehead atoms. The molecule has 2 amide bonds. The van der Waals surface area contributed by atoms with Crippen LogP contribution in [0, 0.1) is 0 Å². The first-order valence-corrected chi connectivity index (χ1v) is 13.5. The number of benzene rings is 1. The average Bonchev–Trinajstić information content (AvgIpc) is 2.70. The third-order valence-corrected chi connectivity index (χ3v) is 8.63. The number of nitrogens with one attached hydrogen (secondary N) is 1. The molecule has 1 aromatic carbocycles. The van der Waals surface area contributed by atoms with Crippen LogP contribution in [0.3, 0.4) is 0 Å². The normalized spacial score (nSPS) is 24.1. The van der Waals surface area contributed by atoms with E-state index in [1.807, 2.05) is 0 Å². The maximum absolute atomic E-state index is 13.7. The van der Waals surface area contributed by atoms with Gasteiger partial charge < -0.3 is 5.32 Å². The molecule has 0 radical (unpaired) electrons. The standard InChI is InChI=1S/C23H34ClN3O4S/c1-3-15-32(30,31)26-16-21(28)27(20-13-11-18(24)12-14-20)23(2,17-26)22(29)25-19-9-7-5-4-6-8-10-19/h11-14,19H,3-10,15-17H2,1-2H3,(H,25,29). The van der Waals surface area contributed by atoms with Gasteiger partial charge in [-0.25, -0.2) is 8.42 Å². The first-order valence-electron chi connectivity index (χ1n) is 11.5. The Labute approximate surface area is 196 Å². The zero-order valence-electron chi connectivity index (χ0n) is 19.0. The number of halogens is 1. The molecule has 1 aromatic rings. The minimum absolute atomic E-state index is 0.0319. The number of rotatable bonds is 6. The van der Waals surface area contributed by atoms with Gasteiger partial charge in [-0.05, 0) is 50.5 Å². The number of hydrogen-bond donors (Lipinski definition) is 1. The summed E-state index contributed by atoms with van der Waals surface area (Å²) in [6.07, 6.45) is 7.88. The minimum Gasteiger partial charge on any atom is -0.351 e. The number of amides is 2. The number of carbonyl (C=O) groups is 2. The molecule has 0 spiro atoms. The van der Waals surface area contributed by atoms with Gasteiger partial charge in [-0.1, -0.05) is 50.6 Å². The molecule has 3 rings (SSSR count). The highest BCUT2D eigenvalue weighted by molar-refractivity contribution is 7.89. The molecular weight excluding hydrogens is 450 g/mol. The van der Waals surface area contributed by atoms with Crippen LogP contribution in [-0.4, -0.2) is 55.0 Å². The van der Waals surface area contributed by atoms with Gasteiger partial charge in [0.1, 0.15) is 5.54 Å². The van der Waals surface area contributed by atoms with Crippen molar-refractivity contribution >= 4 is 39.1 Å². The van der Waals surface area contributed by atoms with Crippen LogP contribution >= 0.6 is 11.6 Å². The number of hydrogen-bond acceptors (Lipinski definition) is 4. The molecule has 1 heterocycles. The Bertz CT molecular complexity index is 914. The van der Waals surface area contributed by atoms with Gasteiger partial charge in [0.05, 0.1) is 12.3 Å². The van der Waals surface area contributed by atoms with Crippen LogP contribution < -0.4 is 10.2 Å². The fourth-order valence-electron chi connectivity index (χ4n) is 4.68. The van der Waals surface area contributed by atoms with Crippen molar-refractivity contribution in [3.05, 3.63) is 29.3 Å². The predicted molar refractivity (Wildman–Crippen MR) is 127 cm³/mol. The Morgan fingerprint density at radius 2 is 1.72 bits per heavy atom. The summed E-state index contributed by atoms with van der Waals surface area (Å²) in [5.41, 5.74) is -0.839. The lowest BCUT2D eigenvalue weighted by atomic mass is 9.92. The van der Waals surface area contributed by atoms with E-state index in [2.05, 4.69) is 5.32 Å². The van der Waals surface area contributed by atoms with E-state index >= 15 is 0 Å². The molecule has 0 aromatic heterocycles. The third-order valence-electron chi connectivity index (χ3n) is 6.41. The van der Waals surface area contributed by atoms with Crippen LogP contribution in [-0.2, 0) is 19.6 Å². The summed E-state index contributed by atoms with van der Waals surface area (Å²) in [6, 6.07) is 6.74. The third kappa shape index (κ3) is 5.64. The molecule has 1 N–H and O–H groups in total. The van der Waals surface area contributed by atoms with E-state index in [1.54, 1.807) is 38.1 Å². The van der Waals surface area contributed by atoms with Gasteiger partial charge in [0, 0.05) is 23.3 Å². The summed E-state index contributed by atoms with van der Waals surface area (Å²) in [5, 5.41) is 3.67. The largest absolute Gasteiger partial charge is 0.351 e. The van der Waals surface area contributed by atoms with Crippen molar-refractivity contribution < 1.29 is 18.0 Å². The van der Waals surface area contributed by atoms with Crippen molar-refractivity contribution in [2.75, 3.05) is 23.7 Å². The number of carbonyl (C=O) groups excluding carboxylic acids is 2. The van der Waals surface area contributed by atoms with Crippen LogP contribution in [0.1, 0.15) is 65.2 Å². The van der Waals surface area contributed by atoms with Crippen molar-refractivity contribution in [2.45, 2.75) is 76.8 Å². The summed E-state index contributed by atoms with van der Waals surface area (Å²) in [4.78, 5) is 28.4. The van der Waals surface area contributed by atoms with Crippen molar-refractivity contribution in [1.29, 1.82) is 0 Å². The SMILES string of the molecule is CCCS(=O)(=O)N1CC(=O)N(c2ccc(Cl)cc2)C(C)(C(=O)NC2CCCCCCC2)C1. The maximum Gasteiger partial charge on any atom is 0.247 e. The Hall–Kier alpha value is -1.64. The highest BCUT2D eigenvalue weighted by atomic mass is 35.5. The second kappa shape index (κ2) is 10.5. The maximum atomic E-state index is 13.7. The minimum atomic E-state index is -3.64. The molecule has 1 saturated heterocycles. The molecule has 1 unspecified atom stereocenters. The van der Waals surface area contributed by atoms with Crippen LogP contribution in [0.4, 0.5) is 5.69 Å². The number of piperazine rings is 1. The fraction of sp³-hybridized carbons (Fsp3) is 0.652. The summed E-state index contributed by atoms with van der Waals surface area (Å²) in [7, 11) is -3.64. The predicted octanol–water partition coefficient (Wildman–Crippen LogP) is 3.72. The van der Waals surface area contributed by atoms with Gasteiger partial charge in [0.2, 0.25) is 21.8 Å². The second-order valence-corrected chi connectivity index (χ2v) is 11.6. The molecule has 2 aliphatic rings. The van der Waals surface area contributed by atoms with E-state index < -0.39 is 21.5 Å². The van der Waals surface area contributed by atoms with E-state index in [9.17, 15) is 18.0 Å². The lowest BCUT2D eigenvalue weighted by molar-refractivity contribution is -0.133. The van der Waals surface area contributed by atoms with Crippen molar-refractivity contribution in [2.24, 2.45) is 0 Å². The van der Waals surface area contributed by atoms with Gasteiger partial charge in [0.25, 0.3) is 0 Å². The molecule has 1 atom stereocenters. The van der Waals surface area contributed by atoms with E-state index in [0.29, 0.717) is 17.1 Å². The average molecular weight is 484 g/mol. The molecule has 32 heavy (non-hydrogen) atoms. The Morgan fingerprint density at radius 1 is 1.12 bits per heavy atom. The molecule has 1 aliphatic carbocycles. The van der Waals surface area contributed by atoms with Crippen LogP contribution in [0.15, 0.2) is 24.3 Å². The number of sulfonamides is 1. The van der Waals surface area contributed by atoms with E-state index in [0.717, 1.165) is 38.5 Å². The Morgan fingerprint density at radius 3 is 2.31 bits per heavy atom. The summed E-state index contributed by atoms with van der Waals surface area (Å²) in [6.45, 7) is 3.08. The van der Waals surface area contributed by atoms with Gasteiger partial charge in [0.15, 0.2) is 0 Å². The first-order chi connectivity index (χ1) is 15.2. The van der Waals surface area contributed by atoms with Crippen molar-refractivity contribution in [3.63, 3.8) is 0 Å². The molecule has 1 saturated carbocycles. The summed E-state index contributed by atoms with van der Waals surface area (Å²) < 4.78 is 26.8. The number of nitrogens with zero attached hydrogens (tertiary/aromatic N) is 2. The van der Waals surface area contributed by atoms with Crippen molar-refractivity contribution in [3.8, 4) is 0 Å². The summed E-state index contributed by atoms with van der Waals surface area (Å²) >= 11 is 6.03. The van der Waals surface area contributed by atoms with E-state index in [-0.39, 0.29) is 30.8 Å². The molecular formula is C23H34ClN3O4S. The van der Waals surface area contributed by atoms with Crippen LogP contribution in [0.25, 0.3) is 0 Å². The lowest BCUT2D eigenvalue weighted by Crippen LogP contribution is -2.71. The van der Waals surface area contributed by atoms with Gasteiger partial charge >= 0.3 is 0 Å². The Balaban J connectivity index is 1.93. The van der Waals surface area contributed by atoms with Gasteiger partial charge in [-0.15, -0.1) is 0 Å². The zero-order valence-corrected chi connectivity index (χ0v) is 20.6. The quantitative estimate of drug-likeness (QED) is 0.668. The van der Waals surface area contributed by atoms with Crippen LogP contribution in [0.2, 0.25) is 5.02 Å². The molecule has 178 valence electrons. The van der Waals surface area contributed by atoms with Gasteiger partial charge in [-0.2, -0.15) is 4.31 Å². The topological polar surface area (TPSA) is 86.8 Å². The van der Waals surface area contributed by atoms with Gasteiger partial charge in [-0.3, -0.25) is 14.5 Å². The Kier molecular flexibility index (Phi) is 8.22. The number of anilines is 1.